The summed E-state index contributed by atoms with van der Waals surface area (Å²) < 4.78 is 5.30. The van der Waals surface area contributed by atoms with Crippen LogP contribution in [0.4, 0.5) is 10.5 Å². The molecule has 0 fully saturated rings. The summed E-state index contributed by atoms with van der Waals surface area (Å²) in [5.74, 6) is -2.32. The number of urea groups is 1. The topological polar surface area (TPSA) is 125 Å². The van der Waals surface area contributed by atoms with Gasteiger partial charge in [-0.15, -0.1) is 0 Å². The van der Waals surface area contributed by atoms with E-state index in [1.165, 1.54) is 0 Å². The highest BCUT2D eigenvalue weighted by molar-refractivity contribution is 5.94. The molecule has 0 spiro atoms. The van der Waals surface area contributed by atoms with Crippen LogP contribution in [-0.4, -0.2) is 40.8 Å². The number of aliphatic carboxylic acids is 2. The molecular formula is C13H16N2O6. The number of nitrogens with one attached hydrogen (secondary N) is 2. The lowest BCUT2D eigenvalue weighted by Gasteiger charge is -2.15. The molecule has 0 heterocycles. The van der Waals surface area contributed by atoms with Crippen LogP contribution in [0.1, 0.15) is 13.3 Å². The molecule has 0 aliphatic rings. The summed E-state index contributed by atoms with van der Waals surface area (Å²) >= 11 is 0. The Morgan fingerprint density at radius 1 is 1.24 bits per heavy atom. The summed E-state index contributed by atoms with van der Waals surface area (Å²) in [4.78, 5) is 33.1. The maximum Gasteiger partial charge on any atom is 0.326 e. The molecule has 1 aromatic rings. The largest absolute Gasteiger partial charge is 0.492 e. The molecule has 1 atom stereocenters. The molecule has 0 radical (unpaired) electrons. The molecule has 0 saturated carbocycles. The molecule has 8 nitrogen and oxygen atoms in total. The van der Waals surface area contributed by atoms with E-state index in [2.05, 4.69) is 10.6 Å². The van der Waals surface area contributed by atoms with Gasteiger partial charge in [0, 0.05) is 0 Å². The van der Waals surface area contributed by atoms with Crippen LogP contribution in [0.3, 0.4) is 0 Å². The van der Waals surface area contributed by atoms with Gasteiger partial charge in [0.2, 0.25) is 0 Å². The summed E-state index contributed by atoms with van der Waals surface area (Å²) in [7, 11) is 0. The van der Waals surface area contributed by atoms with Gasteiger partial charge in [-0.05, 0) is 19.1 Å². The Bertz CT molecular complexity index is 531. The molecule has 0 aliphatic carbocycles. The maximum absolute atomic E-state index is 11.7. The monoisotopic (exact) mass is 296 g/mol. The standard InChI is InChI=1S/C13H16N2O6/c1-2-21-10-6-4-3-5-8(10)14-13(20)15-9(12(18)19)7-11(16)17/h3-6,9H,2,7H2,1H3,(H,16,17)(H,18,19)(H2,14,15,20)/t9-/m1/s1. The fourth-order valence-corrected chi connectivity index (χ4v) is 1.54. The second-order valence-corrected chi connectivity index (χ2v) is 4.02. The van der Waals surface area contributed by atoms with Crippen LogP contribution in [0.15, 0.2) is 24.3 Å². The van der Waals surface area contributed by atoms with Gasteiger partial charge in [0.15, 0.2) is 0 Å². The van der Waals surface area contributed by atoms with Crippen molar-refractivity contribution < 1.29 is 29.3 Å². The van der Waals surface area contributed by atoms with Crippen molar-refractivity contribution in [3.05, 3.63) is 24.3 Å². The van der Waals surface area contributed by atoms with Gasteiger partial charge in [-0.3, -0.25) is 4.79 Å². The minimum absolute atomic E-state index is 0.358. The van der Waals surface area contributed by atoms with Crippen LogP contribution in [0.25, 0.3) is 0 Å². The van der Waals surface area contributed by atoms with E-state index in [1.54, 1.807) is 31.2 Å². The van der Waals surface area contributed by atoms with Crippen LogP contribution in [-0.2, 0) is 9.59 Å². The van der Waals surface area contributed by atoms with E-state index in [1.807, 2.05) is 0 Å². The summed E-state index contributed by atoms with van der Waals surface area (Å²) in [6.45, 7) is 2.18. The fourth-order valence-electron chi connectivity index (χ4n) is 1.54. The molecule has 8 heteroatoms. The molecule has 2 amide bonds. The number of anilines is 1. The summed E-state index contributed by atoms with van der Waals surface area (Å²) in [6.07, 6.45) is -0.712. The normalized spacial score (nSPS) is 11.3. The molecule has 1 aromatic carbocycles. The van der Waals surface area contributed by atoms with Crippen molar-refractivity contribution in [3.63, 3.8) is 0 Å². The molecule has 0 aromatic heterocycles. The van der Waals surface area contributed by atoms with Crippen LogP contribution in [0, 0.1) is 0 Å². The first-order valence-electron chi connectivity index (χ1n) is 6.18. The van der Waals surface area contributed by atoms with Gasteiger partial charge in [-0.2, -0.15) is 0 Å². The predicted octanol–water partition coefficient (Wildman–Crippen LogP) is 1.13. The molecule has 1 rings (SSSR count). The Hall–Kier alpha value is -2.77. The smallest absolute Gasteiger partial charge is 0.326 e. The molecule has 0 bridgehead atoms. The predicted molar refractivity (Wildman–Crippen MR) is 73.4 cm³/mol. The third kappa shape index (κ3) is 5.39. The average Bonchev–Trinajstić information content (AvgIpc) is 2.40. The lowest BCUT2D eigenvalue weighted by molar-refractivity contribution is -0.145. The second-order valence-electron chi connectivity index (χ2n) is 4.02. The summed E-state index contributed by atoms with van der Waals surface area (Å²) in [5, 5.41) is 21.9. The first-order valence-corrected chi connectivity index (χ1v) is 6.18. The van der Waals surface area contributed by atoms with Crippen molar-refractivity contribution in [2.45, 2.75) is 19.4 Å². The minimum atomic E-state index is -1.51. The molecule has 0 saturated heterocycles. The van der Waals surface area contributed by atoms with E-state index in [9.17, 15) is 14.4 Å². The Labute approximate surface area is 120 Å². The number of amides is 2. The zero-order valence-electron chi connectivity index (χ0n) is 11.3. The van der Waals surface area contributed by atoms with Crippen molar-refractivity contribution >= 4 is 23.7 Å². The van der Waals surface area contributed by atoms with Crippen LogP contribution >= 0.6 is 0 Å². The van der Waals surface area contributed by atoms with Gasteiger partial charge >= 0.3 is 18.0 Å². The van der Waals surface area contributed by atoms with E-state index in [0.717, 1.165) is 0 Å². The van der Waals surface area contributed by atoms with Crippen molar-refractivity contribution in [2.24, 2.45) is 0 Å². The molecule has 21 heavy (non-hydrogen) atoms. The summed E-state index contributed by atoms with van der Waals surface area (Å²) in [5.41, 5.74) is 0.358. The molecule has 0 unspecified atom stereocenters. The van der Waals surface area contributed by atoms with Crippen molar-refractivity contribution in [1.29, 1.82) is 0 Å². The molecule has 0 aliphatic heterocycles. The average molecular weight is 296 g/mol. The zero-order valence-corrected chi connectivity index (χ0v) is 11.3. The van der Waals surface area contributed by atoms with Crippen molar-refractivity contribution in [3.8, 4) is 5.75 Å². The number of carbonyl (C=O) groups excluding carboxylic acids is 1. The number of carboxylic acids is 2. The number of hydrogen-bond donors (Lipinski definition) is 4. The van der Waals surface area contributed by atoms with Gasteiger partial charge in [-0.1, -0.05) is 12.1 Å². The van der Waals surface area contributed by atoms with Crippen molar-refractivity contribution in [1.82, 2.24) is 5.32 Å². The highest BCUT2D eigenvalue weighted by atomic mass is 16.5. The SMILES string of the molecule is CCOc1ccccc1NC(=O)N[C@H](CC(=O)O)C(=O)O. The number of rotatable bonds is 7. The van der Waals surface area contributed by atoms with E-state index in [-0.39, 0.29) is 0 Å². The fraction of sp³-hybridized carbons (Fsp3) is 0.308. The summed E-state index contributed by atoms with van der Waals surface area (Å²) in [6, 6.07) is 4.28. The highest BCUT2D eigenvalue weighted by Crippen LogP contribution is 2.23. The second kappa shape index (κ2) is 7.73. The third-order valence-corrected chi connectivity index (χ3v) is 2.42. The van der Waals surface area contributed by atoms with Gasteiger partial charge in [0.05, 0.1) is 18.7 Å². The lowest BCUT2D eigenvalue weighted by Crippen LogP contribution is -2.44. The Morgan fingerprint density at radius 2 is 1.90 bits per heavy atom. The van der Waals surface area contributed by atoms with Gasteiger partial charge < -0.3 is 25.6 Å². The van der Waals surface area contributed by atoms with Gasteiger partial charge in [-0.25, -0.2) is 9.59 Å². The molecule has 114 valence electrons. The maximum atomic E-state index is 11.7. The number of para-hydroxylation sites is 2. The van der Waals surface area contributed by atoms with Crippen LogP contribution in [0.5, 0.6) is 5.75 Å². The lowest BCUT2D eigenvalue weighted by atomic mass is 10.2. The van der Waals surface area contributed by atoms with Crippen LogP contribution < -0.4 is 15.4 Å². The molecular weight excluding hydrogens is 280 g/mol. The highest BCUT2D eigenvalue weighted by Gasteiger charge is 2.23. The Kier molecular flexibility index (Phi) is 5.99. The van der Waals surface area contributed by atoms with Gasteiger partial charge in [0.25, 0.3) is 0 Å². The number of benzene rings is 1. The molecule has 4 N–H and O–H groups in total. The van der Waals surface area contributed by atoms with E-state index in [4.69, 9.17) is 14.9 Å². The number of hydrogen-bond acceptors (Lipinski definition) is 4. The number of carboxylic acid groups (broad SMARTS) is 2. The number of carbonyl (C=O) groups is 3. The van der Waals surface area contributed by atoms with E-state index < -0.39 is 30.4 Å². The first kappa shape index (κ1) is 16.3. The van der Waals surface area contributed by atoms with E-state index >= 15 is 0 Å². The zero-order chi connectivity index (χ0) is 15.8. The van der Waals surface area contributed by atoms with Crippen LogP contribution in [0.2, 0.25) is 0 Å². The Morgan fingerprint density at radius 3 is 2.48 bits per heavy atom. The third-order valence-electron chi connectivity index (χ3n) is 2.42. The Balaban J connectivity index is 2.72. The first-order chi connectivity index (χ1) is 9.93. The van der Waals surface area contributed by atoms with Crippen molar-refractivity contribution in [2.75, 3.05) is 11.9 Å². The van der Waals surface area contributed by atoms with E-state index in [0.29, 0.717) is 18.0 Å². The number of ether oxygens (including phenoxy) is 1. The quantitative estimate of drug-likeness (QED) is 0.598. The minimum Gasteiger partial charge on any atom is -0.492 e. The van der Waals surface area contributed by atoms with Gasteiger partial charge in [0.1, 0.15) is 11.8 Å².